The Balaban J connectivity index is 2.80. The lowest BCUT2D eigenvalue weighted by atomic mass is 9.90. The Labute approximate surface area is 118 Å². The fourth-order valence-corrected chi connectivity index (χ4v) is 1.99. The van der Waals surface area contributed by atoms with Crippen LogP contribution in [-0.4, -0.2) is 26.1 Å². The van der Waals surface area contributed by atoms with Crippen LogP contribution < -0.4 is 0 Å². The molecule has 112 valence electrons. The summed E-state index contributed by atoms with van der Waals surface area (Å²) < 4.78 is 41.4. The quantitative estimate of drug-likeness (QED) is 0.925. The van der Waals surface area contributed by atoms with Crippen LogP contribution in [0.2, 0.25) is 0 Å². The van der Waals surface area contributed by atoms with Crippen LogP contribution in [0.5, 0.6) is 0 Å². The molecule has 0 radical (unpaired) electrons. The zero-order valence-electron chi connectivity index (χ0n) is 11.5. The maximum atomic E-state index is 13.9. The number of hydrogen-bond acceptors (Lipinski definition) is 3. The van der Waals surface area contributed by atoms with Crippen LogP contribution in [0.25, 0.3) is 5.69 Å². The zero-order valence-corrected chi connectivity index (χ0v) is 11.5. The molecule has 2 rings (SSSR count). The number of nitrogens with zero attached hydrogens (tertiary/aromatic N) is 3. The fraction of sp³-hybridized carbons (Fsp3) is 0.308. The van der Waals surface area contributed by atoms with E-state index in [0.29, 0.717) is 12.1 Å². The van der Waals surface area contributed by atoms with E-state index in [1.54, 1.807) is 20.8 Å². The average Bonchev–Trinajstić information content (AvgIpc) is 2.71. The first-order chi connectivity index (χ1) is 9.62. The molecule has 21 heavy (non-hydrogen) atoms. The summed E-state index contributed by atoms with van der Waals surface area (Å²) in [7, 11) is 0. The van der Waals surface area contributed by atoms with Crippen molar-refractivity contribution in [2.24, 2.45) is 0 Å². The standard InChI is InChI=1S/C13H12F3N3O2/c1-13(2,3)11-9(12(20)21)17-18-19(11)10-7(15)4-6(14)5-8(10)16/h4-5H,1-3H3,(H,20,21). The molecule has 0 spiro atoms. The van der Waals surface area contributed by atoms with Crippen molar-refractivity contribution in [2.45, 2.75) is 26.2 Å². The summed E-state index contributed by atoms with van der Waals surface area (Å²) in [6, 6.07) is 0.986. The van der Waals surface area contributed by atoms with Crippen LogP contribution in [0.1, 0.15) is 37.0 Å². The maximum Gasteiger partial charge on any atom is 0.358 e. The van der Waals surface area contributed by atoms with Crippen LogP contribution in [0, 0.1) is 17.5 Å². The van der Waals surface area contributed by atoms with Gasteiger partial charge in [0, 0.05) is 17.5 Å². The smallest absolute Gasteiger partial charge is 0.358 e. The monoisotopic (exact) mass is 299 g/mol. The number of hydrogen-bond donors (Lipinski definition) is 1. The van der Waals surface area contributed by atoms with Gasteiger partial charge in [0.25, 0.3) is 0 Å². The average molecular weight is 299 g/mol. The maximum absolute atomic E-state index is 13.9. The molecule has 0 saturated heterocycles. The van der Waals surface area contributed by atoms with Crippen molar-refractivity contribution in [2.75, 3.05) is 0 Å². The second kappa shape index (κ2) is 4.87. The highest BCUT2D eigenvalue weighted by Gasteiger charge is 2.31. The Kier molecular flexibility index (Phi) is 3.48. The Morgan fingerprint density at radius 1 is 1.19 bits per heavy atom. The van der Waals surface area contributed by atoms with E-state index in [-0.39, 0.29) is 5.69 Å². The zero-order chi connectivity index (χ0) is 15.9. The number of carboxylic acid groups (broad SMARTS) is 1. The minimum Gasteiger partial charge on any atom is -0.476 e. The first kappa shape index (κ1) is 15.0. The normalized spacial score (nSPS) is 11.7. The number of aromatic carboxylic acids is 1. The number of carbonyl (C=O) groups is 1. The van der Waals surface area contributed by atoms with E-state index in [1.165, 1.54) is 0 Å². The van der Waals surface area contributed by atoms with Gasteiger partial charge in [0.05, 0.1) is 5.69 Å². The third-order valence-corrected chi connectivity index (χ3v) is 2.78. The van der Waals surface area contributed by atoms with Crippen LogP contribution in [0.15, 0.2) is 12.1 Å². The lowest BCUT2D eigenvalue weighted by molar-refractivity contribution is 0.0687. The predicted molar refractivity (Wildman–Crippen MR) is 66.9 cm³/mol. The summed E-state index contributed by atoms with van der Waals surface area (Å²) >= 11 is 0. The molecule has 1 heterocycles. The van der Waals surface area contributed by atoms with E-state index in [4.69, 9.17) is 5.11 Å². The van der Waals surface area contributed by atoms with Gasteiger partial charge >= 0.3 is 5.97 Å². The van der Waals surface area contributed by atoms with Crippen LogP contribution in [0.4, 0.5) is 13.2 Å². The summed E-state index contributed by atoms with van der Waals surface area (Å²) in [4.78, 5) is 11.2. The SMILES string of the molecule is CC(C)(C)c1c(C(=O)O)nnn1-c1c(F)cc(F)cc1F. The molecule has 5 nitrogen and oxygen atoms in total. The van der Waals surface area contributed by atoms with Crippen molar-refractivity contribution in [1.82, 2.24) is 15.0 Å². The van der Waals surface area contributed by atoms with E-state index < -0.39 is 40.2 Å². The Morgan fingerprint density at radius 3 is 2.14 bits per heavy atom. The largest absolute Gasteiger partial charge is 0.476 e. The van der Waals surface area contributed by atoms with Gasteiger partial charge in [-0.05, 0) is 0 Å². The molecule has 1 aromatic carbocycles. The molecule has 1 N–H and O–H groups in total. The predicted octanol–water partition coefficient (Wildman–Crippen LogP) is 2.68. The Bertz CT molecular complexity index is 697. The van der Waals surface area contributed by atoms with Crippen molar-refractivity contribution in [1.29, 1.82) is 0 Å². The Hall–Kier alpha value is -2.38. The molecule has 2 aromatic rings. The van der Waals surface area contributed by atoms with E-state index in [0.717, 1.165) is 4.68 Å². The lowest BCUT2D eigenvalue weighted by Gasteiger charge is -2.20. The number of aromatic nitrogens is 3. The van der Waals surface area contributed by atoms with Crippen LogP contribution >= 0.6 is 0 Å². The molecule has 0 aliphatic carbocycles. The van der Waals surface area contributed by atoms with E-state index in [9.17, 15) is 18.0 Å². The number of benzene rings is 1. The van der Waals surface area contributed by atoms with E-state index in [1.807, 2.05) is 0 Å². The summed E-state index contributed by atoms with van der Waals surface area (Å²) in [5, 5.41) is 16.1. The van der Waals surface area contributed by atoms with Crippen molar-refractivity contribution in [3.05, 3.63) is 41.0 Å². The second-order valence-electron chi connectivity index (χ2n) is 5.47. The van der Waals surface area contributed by atoms with Gasteiger partial charge in [0.1, 0.15) is 11.5 Å². The summed E-state index contributed by atoms with van der Waals surface area (Å²) in [5.74, 6) is -4.83. The molecule has 0 aliphatic rings. The molecule has 0 amide bonds. The van der Waals surface area contributed by atoms with Crippen molar-refractivity contribution in [3.8, 4) is 5.69 Å². The summed E-state index contributed by atoms with van der Waals surface area (Å²) in [5.41, 5.74) is -1.86. The van der Waals surface area contributed by atoms with Gasteiger partial charge in [-0.2, -0.15) is 0 Å². The van der Waals surface area contributed by atoms with Gasteiger partial charge in [-0.25, -0.2) is 22.6 Å². The van der Waals surface area contributed by atoms with Crippen LogP contribution in [0.3, 0.4) is 0 Å². The Morgan fingerprint density at radius 2 is 1.71 bits per heavy atom. The van der Waals surface area contributed by atoms with Gasteiger partial charge < -0.3 is 5.11 Å². The van der Waals surface area contributed by atoms with Crippen molar-refractivity contribution in [3.63, 3.8) is 0 Å². The second-order valence-corrected chi connectivity index (χ2v) is 5.47. The molecule has 1 aromatic heterocycles. The molecule has 0 atom stereocenters. The first-order valence-electron chi connectivity index (χ1n) is 5.97. The highest BCUT2D eigenvalue weighted by Crippen LogP contribution is 2.29. The van der Waals surface area contributed by atoms with Crippen molar-refractivity contribution < 1.29 is 23.1 Å². The molecule has 0 bridgehead atoms. The van der Waals surface area contributed by atoms with Gasteiger partial charge in [-0.3, -0.25) is 0 Å². The molecule has 0 unspecified atom stereocenters. The first-order valence-corrected chi connectivity index (χ1v) is 5.97. The van der Waals surface area contributed by atoms with Crippen LogP contribution in [-0.2, 0) is 5.41 Å². The summed E-state index contributed by atoms with van der Waals surface area (Å²) in [6.45, 7) is 4.94. The third-order valence-electron chi connectivity index (χ3n) is 2.78. The molecular formula is C13H12F3N3O2. The van der Waals surface area contributed by atoms with E-state index in [2.05, 4.69) is 10.3 Å². The molecule has 0 saturated carbocycles. The van der Waals surface area contributed by atoms with Gasteiger partial charge in [0.15, 0.2) is 17.3 Å². The molecule has 0 fully saturated rings. The molecular weight excluding hydrogens is 287 g/mol. The number of halogens is 3. The molecule has 8 heteroatoms. The van der Waals surface area contributed by atoms with Gasteiger partial charge in [-0.1, -0.05) is 26.0 Å². The van der Waals surface area contributed by atoms with Crippen molar-refractivity contribution >= 4 is 5.97 Å². The molecule has 0 aliphatic heterocycles. The van der Waals surface area contributed by atoms with Gasteiger partial charge in [-0.15, -0.1) is 5.10 Å². The minimum atomic E-state index is -1.37. The number of rotatable bonds is 2. The minimum absolute atomic E-state index is 0.0133. The third kappa shape index (κ3) is 2.61. The number of carboxylic acids is 1. The fourth-order valence-electron chi connectivity index (χ4n) is 1.99. The topological polar surface area (TPSA) is 68.0 Å². The summed E-state index contributed by atoms with van der Waals surface area (Å²) in [6.07, 6.45) is 0. The van der Waals surface area contributed by atoms with E-state index >= 15 is 0 Å². The lowest BCUT2D eigenvalue weighted by Crippen LogP contribution is -2.22. The highest BCUT2D eigenvalue weighted by atomic mass is 19.1. The van der Waals surface area contributed by atoms with Gasteiger partial charge in [0.2, 0.25) is 0 Å². The highest BCUT2D eigenvalue weighted by molar-refractivity contribution is 5.87.